The first-order valence-electron chi connectivity index (χ1n) is 6.85. The summed E-state index contributed by atoms with van der Waals surface area (Å²) >= 11 is 3.39. The van der Waals surface area contributed by atoms with Crippen molar-refractivity contribution in [1.82, 2.24) is 9.97 Å². The van der Waals surface area contributed by atoms with Gasteiger partial charge in [-0.05, 0) is 28.3 Å². The number of aryl methyl sites for hydroxylation is 1. The molecule has 1 heterocycles. The lowest BCUT2D eigenvalue weighted by Crippen LogP contribution is -2.12. The SMILES string of the molecule is CCCCC(CC)COc1cc(Br)nc(CC)n1. The van der Waals surface area contributed by atoms with Gasteiger partial charge in [0.15, 0.2) is 0 Å². The van der Waals surface area contributed by atoms with Gasteiger partial charge in [-0.1, -0.05) is 40.0 Å². The number of hydrogen-bond acceptors (Lipinski definition) is 3. The Kier molecular flexibility index (Phi) is 7.25. The van der Waals surface area contributed by atoms with E-state index in [9.17, 15) is 0 Å². The molecule has 102 valence electrons. The summed E-state index contributed by atoms with van der Waals surface area (Å²) in [5.41, 5.74) is 0. The third-order valence-electron chi connectivity index (χ3n) is 3.04. The first kappa shape index (κ1) is 15.4. The van der Waals surface area contributed by atoms with Crippen molar-refractivity contribution >= 4 is 15.9 Å². The second-order valence-corrected chi connectivity index (χ2v) is 5.34. The number of nitrogens with zero attached hydrogens (tertiary/aromatic N) is 2. The van der Waals surface area contributed by atoms with Crippen LogP contribution in [0.4, 0.5) is 0 Å². The molecule has 0 amide bonds. The number of unbranched alkanes of at least 4 members (excludes halogenated alkanes) is 1. The van der Waals surface area contributed by atoms with Gasteiger partial charge in [0.25, 0.3) is 0 Å². The van der Waals surface area contributed by atoms with Crippen molar-refractivity contribution in [2.75, 3.05) is 6.61 Å². The van der Waals surface area contributed by atoms with Gasteiger partial charge in [0.1, 0.15) is 10.4 Å². The molecule has 0 spiro atoms. The van der Waals surface area contributed by atoms with Crippen molar-refractivity contribution in [3.63, 3.8) is 0 Å². The van der Waals surface area contributed by atoms with Crippen molar-refractivity contribution in [2.24, 2.45) is 5.92 Å². The summed E-state index contributed by atoms with van der Waals surface area (Å²) in [5.74, 6) is 2.13. The molecule has 4 heteroatoms. The Morgan fingerprint density at radius 1 is 1.28 bits per heavy atom. The van der Waals surface area contributed by atoms with Crippen LogP contribution in [0.3, 0.4) is 0 Å². The van der Waals surface area contributed by atoms with E-state index in [1.807, 2.05) is 13.0 Å². The fraction of sp³-hybridized carbons (Fsp3) is 0.714. The molecule has 0 saturated carbocycles. The summed E-state index contributed by atoms with van der Waals surface area (Å²) in [6, 6.07) is 1.84. The highest BCUT2D eigenvalue weighted by Crippen LogP contribution is 2.18. The second kappa shape index (κ2) is 8.46. The molecule has 1 aromatic rings. The zero-order valence-electron chi connectivity index (χ0n) is 11.6. The van der Waals surface area contributed by atoms with Crippen LogP contribution in [-0.4, -0.2) is 16.6 Å². The molecule has 1 atom stereocenters. The maximum atomic E-state index is 5.80. The van der Waals surface area contributed by atoms with Crippen molar-refractivity contribution in [2.45, 2.75) is 52.9 Å². The van der Waals surface area contributed by atoms with Gasteiger partial charge in [0.05, 0.1) is 6.61 Å². The van der Waals surface area contributed by atoms with Crippen LogP contribution in [0.25, 0.3) is 0 Å². The van der Waals surface area contributed by atoms with E-state index in [0.29, 0.717) is 11.8 Å². The lowest BCUT2D eigenvalue weighted by atomic mass is 10.0. The Labute approximate surface area is 119 Å². The van der Waals surface area contributed by atoms with E-state index in [-0.39, 0.29) is 0 Å². The Morgan fingerprint density at radius 3 is 2.67 bits per heavy atom. The Hall–Kier alpha value is -0.640. The number of aromatic nitrogens is 2. The van der Waals surface area contributed by atoms with Crippen molar-refractivity contribution < 1.29 is 4.74 Å². The molecule has 0 bridgehead atoms. The minimum Gasteiger partial charge on any atom is -0.477 e. The maximum absolute atomic E-state index is 5.80. The van der Waals surface area contributed by atoms with Gasteiger partial charge in [0.2, 0.25) is 5.88 Å². The molecular weight excluding hydrogens is 292 g/mol. The zero-order valence-corrected chi connectivity index (χ0v) is 13.2. The van der Waals surface area contributed by atoms with E-state index in [4.69, 9.17) is 4.74 Å². The molecule has 1 rings (SSSR count). The Morgan fingerprint density at radius 2 is 2.06 bits per heavy atom. The second-order valence-electron chi connectivity index (χ2n) is 4.53. The van der Waals surface area contributed by atoms with Crippen molar-refractivity contribution in [1.29, 1.82) is 0 Å². The molecule has 0 aliphatic rings. The lowest BCUT2D eigenvalue weighted by molar-refractivity contribution is 0.225. The van der Waals surface area contributed by atoms with Crippen LogP contribution in [-0.2, 0) is 6.42 Å². The molecule has 0 aliphatic heterocycles. The third kappa shape index (κ3) is 5.34. The Bertz CT molecular complexity index is 358. The smallest absolute Gasteiger partial charge is 0.217 e. The van der Waals surface area contributed by atoms with Gasteiger partial charge >= 0.3 is 0 Å². The van der Waals surface area contributed by atoms with Crippen LogP contribution in [0.5, 0.6) is 5.88 Å². The molecule has 0 radical (unpaired) electrons. The van der Waals surface area contributed by atoms with Crippen LogP contribution in [0.1, 0.15) is 52.3 Å². The number of halogens is 1. The highest BCUT2D eigenvalue weighted by Gasteiger charge is 2.08. The van der Waals surface area contributed by atoms with E-state index in [1.165, 1.54) is 19.3 Å². The first-order chi connectivity index (χ1) is 8.69. The van der Waals surface area contributed by atoms with Gasteiger partial charge in [-0.3, -0.25) is 0 Å². The van der Waals surface area contributed by atoms with Gasteiger partial charge in [-0.2, -0.15) is 4.98 Å². The number of hydrogen-bond donors (Lipinski definition) is 0. The summed E-state index contributed by atoms with van der Waals surface area (Å²) < 4.78 is 6.60. The fourth-order valence-electron chi connectivity index (χ4n) is 1.78. The van der Waals surface area contributed by atoms with Gasteiger partial charge < -0.3 is 4.74 Å². The topological polar surface area (TPSA) is 35.0 Å². The van der Waals surface area contributed by atoms with E-state index in [2.05, 4.69) is 39.7 Å². The van der Waals surface area contributed by atoms with E-state index < -0.39 is 0 Å². The van der Waals surface area contributed by atoms with Crippen LogP contribution in [0.15, 0.2) is 10.7 Å². The molecule has 0 N–H and O–H groups in total. The standard InChI is InChI=1S/C14H23BrN2O/c1-4-7-8-11(5-2)10-18-14-9-12(15)16-13(6-3)17-14/h9,11H,4-8,10H2,1-3H3. The monoisotopic (exact) mass is 314 g/mol. The van der Waals surface area contributed by atoms with Gasteiger partial charge in [-0.15, -0.1) is 0 Å². The minimum atomic E-state index is 0.628. The lowest BCUT2D eigenvalue weighted by Gasteiger charge is -2.15. The maximum Gasteiger partial charge on any atom is 0.217 e. The largest absolute Gasteiger partial charge is 0.477 e. The zero-order chi connectivity index (χ0) is 13.4. The summed E-state index contributed by atoms with van der Waals surface area (Å²) in [7, 11) is 0. The van der Waals surface area contributed by atoms with Crippen LogP contribution in [0, 0.1) is 5.92 Å². The summed E-state index contributed by atoms with van der Waals surface area (Å²) in [4.78, 5) is 8.65. The van der Waals surface area contributed by atoms with Crippen LogP contribution < -0.4 is 4.74 Å². The van der Waals surface area contributed by atoms with Gasteiger partial charge in [0, 0.05) is 12.5 Å². The average Bonchev–Trinajstić information content (AvgIpc) is 2.38. The summed E-state index contributed by atoms with van der Waals surface area (Å²) in [6.07, 6.45) is 5.74. The Balaban J connectivity index is 2.53. The quantitative estimate of drug-likeness (QED) is 0.667. The molecule has 0 aliphatic carbocycles. The third-order valence-corrected chi connectivity index (χ3v) is 3.45. The van der Waals surface area contributed by atoms with Crippen LogP contribution >= 0.6 is 15.9 Å². The predicted octanol–water partition coefficient (Wildman–Crippen LogP) is 4.40. The van der Waals surface area contributed by atoms with E-state index in [1.54, 1.807) is 0 Å². The molecule has 0 fully saturated rings. The molecule has 0 aromatic carbocycles. The van der Waals surface area contributed by atoms with Gasteiger partial charge in [-0.25, -0.2) is 4.98 Å². The van der Waals surface area contributed by atoms with E-state index in [0.717, 1.165) is 29.9 Å². The molecule has 1 aromatic heterocycles. The van der Waals surface area contributed by atoms with E-state index >= 15 is 0 Å². The number of ether oxygens (including phenoxy) is 1. The first-order valence-corrected chi connectivity index (χ1v) is 7.65. The molecule has 18 heavy (non-hydrogen) atoms. The summed E-state index contributed by atoms with van der Waals surface area (Å²) in [5, 5.41) is 0. The normalized spacial score (nSPS) is 12.4. The molecule has 1 unspecified atom stereocenters. The predicted molar refractivity (Wildman–Crippen MR) is 77.9 cm³/mol. The highest BCUT2D eigenvalue weighted by atomic mass is 79.9. The van der Waals surface area contributed by atoms with Crippen molar-refractivity contribution in [3.8, 4) is 5.88 Å². The average molecular weight is 315 g/mol. The summed E-state index contributed by atoms with van der Waals surface area (Å²) in [6.45, 7) is 7.24. The highest BCUT2D eigenvalue weighted by molar-refractivity contribution is 9.10. The minimum absolute atomic E-state index is 0.628. The molecule has 3 nitrogen and oxygen atoms in total. The number of rotatable bonds is 8. The molecular formula is C14H23BrN2O. The van der Waals surface area contributed by atoms with Crippen molar-refractivity contribution in [3.05, 3.63) is 16.5 Å². The fourth-order valence-corrected chi connectivity index (χ4v) is 2.18. The molecule has 0 saturated heterocycles. The van der Waals surface area contributed by atoms with Crippen LogP contribution in [0.2, 0.25) is 0 Å².